The predicted molar refractivity (Wildman–Crippen MR) is 111 cm³/mol. The van der Waals surface area contributed by atoms with Crippen molar-refractivity contribution in [2.75, 3.05) is 6.54 Å². The van der Waals surface area contributed by atoms with Gasteiger partial charge in [0, 0.05) is 40.9 Å². The zero-order valence-electron chi connectivity index (χ0n) is 16.7. The van der Waals surface area contributed by atoms with Crippen molar-refractivity contribution in [2.45, 2.75) is 63.9 Å². The van der Waals surface area contributed by atoms with Crippen LogP contribution in [0.3, 0.4) is 0 Å². The number of aryl methyl sites for hydroxylation is 1. The molecule has 29 heavy (non-hydrogen) atoms. The molecule has 0 saturated heterocycles. The highest BCUT2D eigenvalue weighted by Crippen LogP contribution is 2.39. The molecule has 0 radical (unpaired) electrons. The van der Waals surface area contributed by atoms with Crippen molar-refractivity contribution in [3.05, 3.63) is 46.0 Å². The summed E-state index contributed by atoms with van der Waals surface area (Å²) in [5.74, 6) is 0.344. The summed E-state index contributed by atoms with van der Waals surface area (Å²) >= 11 is 0. The minimum atomic E-state index is -0.545. The van der Waals surface area contributed by atoms with Gasteiger partial charge in [-0.05, 0) is 43.7 Å². The molecule has 1 saturated carbocycles. The maximum absolute atomic E-state index is 12.3. The molecule has 0 aliphatic heterocycles. The van der Waals surface area contributed by atoms with Crippen LogP contribution in [0.5, 0.6) is 0 Å². The van der Waals surface area contributed by atoms with Gasteiger partial charge in [-0.3, -0.25) is 4.79 Å². The molecule has 1 aliphatic rings. The van der Waals surface area contributed by atoms with E-state index in [0.29, 0.717) is 29.9 Å². The molecule has 0 bridgehead atoms. The number of aliphatic hydroxyl groups is 1. The Morgan fingerprint density at radius 3 is 2.79 bits per heavy atom. The number of furan rings is 1. The summed E-state index contributed by atoms with van der Waals surface area (Å²) in [5, 5.41) is 14.1. The highest BCUT2D eigenvalue weighted by Gasteiger charge is 2.22. The van der Waals surface area contributed by atoms with E-state index in [1.807, 2.05) is 25.3 Å². The maximum atomic E-state index is 12.3. The molecule has 6 nitrogen and oxygen atoms in total. The second kappa shape index (κ2) is 8.41. The average Bonchev–Trinajstić information content (AvgIpc) is 3.38. The number of rotatable bonds is 7. The summed E-state index contributed by atoms with van der Waals surface area (Å²) in [7, 11) is 0. The maximum Gasteiger partial charge on any atom is 0.339 e. The van der Waals surface area contributed by atoms with Crippen molar-refractivity contribution in [1.29, 1.82) is 0 Å². The number of amides is 1. The third-order valence-corrected chi connectivity index (χ3v) is 5.95. The van der Waals surface area contributed by atoms with Crippen LogP contribution < -0.4 is 10.9 Å². The number of hydrogen-bond acceptors (Lipinski definition) is 5. The Bertz CT molecular complexity index is 1070. The van der Waals surface area contributed by atoms with Gasteiger partial charge in [0.05, 0.1) is 12.4 Å². The van der Waals surface area contributed by atoms with Gasteiger partial charge in [-0.2, -0.15) is 0 Å². The molecule has 1 unspecified atom stereocenters. The van der Waals surface area contributed by atoms with E-state index in [1.54, 1.807) is 6.07 Å². The second-order valence-corrected chi connectivity index (χ2v) is 7.98. The number of carbonyl (C=O) groups excluding carboxylic acids is 1. The van der Waals surface area contributed by atoms with Crippen molar-refractivity contribution in [3.8, 4) is 0 Å². The molecule has 2 N–H and O–H groups in total. The lowest BCUT2D eigenvalue weighted by molar-refractivity contribution is -0.121. The molecule has 2 heterocycles. The van der Waals surface area contributed by atoms with Crippen LogP contribution in [-0.2, 0) is 11.2 Å². The first-order valence-corrected chi connectivity index (χ1v) is 10.5. The van der Waals surface area contributed by atoms with Gasteiger partial charge in [0.25, 0.3) is 0 Å². The molecule has 1 aliphatic carbocycles. The Hall–Kier alpha value is -2.60. The molecule has 154 valence electrons. The van der Waals surface area contributed by atoms with E-state index >= 15 is 0 Å². The molecule has 4 rings (SSSR count). The molecular weight excluding hydrogens is 370 g/mol. The molecule has 2 aromatic heterocycles. The molecule has 1 atom stereocenters. The molecule has 1 fully saturated rings. The fourth-order valence-corrected chi connectivity index (χ4v) is 4.14. The summed E-state index contributed by atoms with van der Waals surface area (Å²) in [6.45, 7) is 2.08. The van der Waals surface area contributed by atoms with E-state index < -0.39 is 11.7 Å². The molecule has 1 amide bonds. The first kappa shape index (κ1) is 19.7. The number of aliphatic hydroxyl groups excluding tert-OH is 1. The SMILES string of the molecule is CCC(O)CNC(=O)CCc1cc2cc3c(C4CCCC4)coc3cc2oc1=O. The second-order valence-electron chi connectivity index (χ2n) is 7.98. The number of benzene rings is 1. The van der Waals surface area contributed by atoms with Crippen molar-refractivity contribution in [1.82, 2.24) is 5.32 Å². The molecular formula is C23H27NO5. The molecule has 1 aromatic carbocycles. The van der Waals surface area contributed by atoms with Crippen molar-refractivity contribution in [2.24, 2.45) is 0 Å². The minimum Gasteiger partial charge on any atom is -0.464 e. The monoisotopic (exact) mass is 397 g/mol. The van der Waals surface area contributed by atoms with E-state index in [9.17, 15) is 14.7 Å². The Morgan fingerprint density at radius 2 is 2.03 bits per heavy atom. The quantitative estimate of drug-likeness (QED) is 0.588. The van der Waals surface area contributed by atoms with E-state index in [2.05, 4.69) is 5.32 Å². The number of nitrogens with one attached hydrogen (secondary N) is 1. The smallest absolute Gasteiger partial charge is 0.339 e. The summed E-state index contributed by atoms with van der Waals surface area (Å²) in [6, 6.07) is 5.64. The predicted octanol–water partition coefficient (Wildman–Crippen LogP) is 4.02. The zero-order valence-corrected chi connectivity index (χ0v) is 16.7. The summed E-state index contributed by atoms with van der Waals surface area (Å²) in [4.78, 5) is 24.3. The van der Waals surface area contributed by atoms with Crippen LogP contribution in [0.25, 0.3) is 21.9 Å². The van der Waals surface area contributed by atoms with Crippen LogP contribution in [0, 0.1) is 0 Å². The fourth-order valence-electron chi connectivity index (χ4n) is 4.14. The van der Waals surface area contributed by atoms with E-state index in [1.165, 1.54) is 31.2 Å². The summed E-state index contributed by atoms with van der Waals surface area (Å²) < 4.78 is 11.2. The normalized spacial score (nSPS) is 15.9. The zero-order chi connectivity index (χ0) is 20.4. The van der Waals surface area contributed by atoms with Crippen LogP contribution >= 0.6 is 0 Å². The van der Waals surface area contributed by atoms with Crippen molar-refractivity contribution in [3.63, 3.8) is 0 Å². The van der Waals surface area contributed by atoms with Crippen LogP contribution in [0.4, 0.5) is 0 Å². The van der Waals surface area contributed by atoms with Gasteiger partial charge in [0.1, 0.15) is 11.2 Å². The Kier molecular flexibility index (Phi) is 5.72. The van der Waals surface area contributed by atoms with E-state index in [4.69, 9.17) is 8.83 Å². The van der Waals surface area contributed by atoms with Gasteiger partial charge in [-0.25, -0.2) is 4.79 Å². The first-order valence-electron chi connectivity index (χ1n) is 10.5. The lowest BCUT2D eigenvalue weighted by Gasteiger charge is -2.09. The lowest BCUT2D eigenvalue weighted by atomic mass is 9.96. The van der Waals surface area contributed by atoms with Crippen molar-refractivity contribution >= 4 is 27.8 Å². The standard InChI is InChI=1S/C23H27NO5/c1-2-17(25)12-24-22(26)8-7-15-9-16-10-18-19(14-5-3-4-6-14)13-28-21(18)11-20(16)29-23(15)27/h9-11,13-14,17,25H,2-8,12H2,1H3,(H,24,26). The largest absolute Gasteiger partial charge is 0.464 e. The van der Waals surface area contributed by atoms with Crippen molar-refractivity contribution < 1.29 is 18.7 Å². The van der Waals surface area contributed by atoms with Gasteiger partial charge in [-0.1, -0.05) is 19.8 Å². The molecule has 0 spiro atoms. The highest BCUT2D eigenvalue weighted by atomic mass is 16.4. The third-order valence-electron chi connectivity index (χ3n) is 5.95. The first-order chi connectivity index (χ1) is 14.0. The summed E-state index contributed by atoms with van der Waals surface area (Å²) in [6.07, 6.45) is 7.22. The van der Waals surface area contributed by atoms with Crippen LogP contribution in [0.2, 0.25) is 0 Å². The minimum absolute atomic E-state index is 0.175. The molecule has 3 aromatic rings. The Balaban J connectivity index is 1.56. The lowest BCUT2D eigenvalue weighted by Crippen LogP contribution is -2.32. The van der Waals surface area contributed by atoms with E-state index in [-0.39, 0.29) is 18.9 Å². The number of carbonyl (C=O) groups is 1. The van der Waals surface area contributed by atoms with Gasteiger partial charge < -0.3 is 19.3 Å². The fraction of sp³-hybridized carbons (Fsp3) is 0.478. The number of fused-ring (bicyclic) bond motifs is 2. The molecule has 6 heteroatoms. The number of hydrogen-bond donors (Lipinski definition) is 2. The van der Waals surface area contributed by atoms with Gasteiger partial charge >= 0.3 is 5.63 Å². The van der Waals surface area contributed by atoms with Crippen LogP contribution in [0.1, 0.15) is 62.5 Å². The van der Waals surface area contributed by atoms with Gasteiger partial charge in [-0.15, -0.1) is 0 Å². The average molecular weight is 397 g/mol. The third kappa shape index (κ3) is 4.22. The summed E-state index contributed by atoms with van der Waals surface area (Å²) in [5.41, 5.74) is 2.52. The van der Waals surface area contributed by atoms with Crippen LogP contribution in [0.15, 0.2) is 38.1 Å². The Labute approximate surface area is 168 Å². The van der Waals surface area contributed by atoms with E-state index in [0.717, 1.165) is 16.4 Å². The Morgan fingerprint density at radius 1 is 1.24 bits per heavy atom. The topological polar surface area (TPSA) is 92.7 Å². The van der Waals surface area contributed by atoms with Gasteiger partial charge in [0.15, 0.2) is 0 Å². The van der Waals surface area contributed by atoms with Crippen LogP contribution in [-0.4, -0.2) is 23.7 Å². The van der Waals surface area contributed by atoms with Gasteiger partial charge in [0.2, 0.25) is 5.91 Å². The highest BCUT2D eigenvalue weighted by molar-refractivity contribution is 5.95.